The monoisotopic (exact) mass is 653 g/mol. The fourth-order valence-electron chi connectivity index (χ4n) is 5.23. The minimum Gasteiger partial charge on any atom is -0.493 e. The third kappa shape index (κ3) is 12.7. The predicted molar refractivity (Wildman–Crippen MR) is 186 cm³/mol. The molecule has 0 aliphatic carbocycles. The van der Waals surface area contributed by atoms with E-state index in [9.17, 15) is 14.7 Å². The number of hydrogen-bond donors (Lipinski definition) is 1. The van der Waals surface area contributed by atoms with Gasteiger partial charge in [0.15, 0.2) is 11.5 Å². The highest BCUT2D eigenvalue weighted by Gasteiger charge is 2.27. The van der Waals surface area contributed by atoms with Crippen LogP contribution < -0.4 is 9.47 Å². The predicted octanol–water partition coefficient (Wildman–Crippen LogP) is 7.68. The van der Waals surface area contributed by atoms with Gasteiger partial charge < -0.3 is 24.2 Å². The molecule has 0 aliphatic rings. The third-order valence-corrected chi connectivity index (χ3v) is 8.07. The highest BCUT2D eigenvalue weighted by atomic mass is 16.7. The van der Waals surface area contributed by atoms with E-state index in [1.165, 1.54) is 0 Å². The Morgan fingerprint density at radius 2 is 1.51 bits per heavy atom. The number of ether oxygens (including phenoxy) is 3. The second-order valence-corrected chi connectivity index (χ2v) is 12.0. The maximum atomic E-state index is 13.2. The van der Waals surface area contributed by atoms with Gasteiger partial charge in [-0.2, -0.15) is 0 Å². The molecule has 260 valence electrons. The van der Waals surface area contributed by atoms with Crippen molar-refractivity contribution in [2.75, 3.05) is 40.5 Å². The molecule has 0 aliphatic heterocycles. The van der Waals surface area contributed by atoms with E-state index < -0.39 is 6.09 Å². The van der Waals surface area contributed by atoms with E-state index in [-0.39, 0.29) is 36.2 Å². The van der Waals surface area contributed by atoms with E-state index in [2.05, 4.69) is 44.9 Å². The van der Waals surface area contributed by atoms with Gasteiger partial charge in [0, 0.05) is 50.6 Å². The Hall–Kier alpha value is -3.89. The molecule has 0 heterocycles. The molecule has 10 nitrogen and oxygen atoms in total. The number of allylic oxidation sites excluding steroid dienone is 2. The Morgan fingerprint density at radius 1 is 0.872 bits per heavy atom. The number of hydroxylamine groups is 1. The summed E-state index contributed by atoms with van der Waals surface area (Å²) in [6, 6.07) is 14.8. The van der Waals surface area contributed by atoms with Crippen LogP contribution in [0.5, 0.6) is 11.5 Å². The smallest absolute Gasteiger partial charge is 0.453 e. The largest absolute Gasteiger partial charge is 0.493 e. The third-order valence-electron chi connectivity index (χ3n) is 8.07. The van der Waals surface area contributed by atoms with Crippen molar-refractivity contribution in [3.63, 3.8) is 0 Å². The Morgan fingerprint density at radius 3 is 2.06 bits per heavy atom. The number of carbonyl (C=O) groups is 2. The minimum absolute atomic E-state index is 0.0315. The first-order valence-corrected chi connectivity index (χ1v) is 16.6. The van der Waals surface area contributed by atoms with Crippen LogP contribution in [0.4, 0.5) is 4.79 Å². The van der Waals surface area contributed by atoms with Gasteiger partial charge in [0.25, 0.3) is 0 Å². The Labute approximate surface area is 281 Å². The van der Waals surface area contributed by atoms with Gasteiger partial charge in [0.1, 0.15) is 6.61 Å². The highest BCUT2D eigenvalue weighted by molar-refractivity contribution is 6.03. The fraction of sp³-hybridized carbons (Fsp3) is 0.541. The first kappa shape index (κ1) is 39.3. The van der Waals surface area contributed by atoms with Crippen LogP contribution in [0.1, 0.15) is 71.9 Å². The van der Waals surface area contributed by atoms with Crippen LogP contribution in [-0.4, -0.2) is 73.4 Å². The molecule has 1 N–H and O–H groups in total. The van der Waals surface area contributed by atoms with Crippen LogP contribution in [0.3, 0.4) is 0 Å². The molecule has 2 amide bonds. The molecule has 0 fully saturated rings. The maximum absolute atomic E-state index is 13.2. The average molecular weight is 654 g/mol. The van der Waals surface area contributed by atoms with Crippen LogP contribution in [0.25, 0.3) is 0 Å². The minimum atomic E-state index is -1.34. The molecule has 0 radical (unpaired) electrons. The number of carbonyl (C=O) groups excluding carboxylic acids is 1. The van der Waals surface area contributed by atoms with Crippen LogP contribution in [0.2, 0.25) is 0 Å². The van der Waals surface area contributed by atoms with Crippen molar-refractivity contribution in [1.29, 1.82) is 0 Å². The Balaban J connectivity index is 2.50. The molecule has 0 spiro atoms. The molecule has 2 aromatic carbocycles. The van der Waals surface area contributed by atoms with E-state index in [1.54, 1.807) is 20.3 Å². The molecule has 2 unspecified atom stereocenters. The quantitative estimate of drug-likeness (QED) is 0.0637. The molecule has 2 rings (SSSR count). The van der Waals surface area contributed by atoms with Crippen molar-refractivity contribution in [2.24, 2.45) is 28.8 Å². The van der Waals surface area contributed by atoms with E-state index in [1.807, 2.05) is 61.2 Å². The second kappa shape index (κ2) is 21.1. The average Bonchev–Trinajstić information content (AvgIpc) is 3.05. The van der Waals surface area contributed by atoms with Crippen molar-refractivity contribution >= 4 is 17.7 Å². The van der Waals surface area contributed by atoms with Crippen molar-refractivity contribution in [1.82, 2.24) is 10.1 Å². The summed E-state index contributed by atoms with van der Waals surface area (Å²) in [5.41, 5.74) is 2.03. The number of methoxy groups -OCH3 is 2. The lowest BCUT2D eigenvalue weighted by Gasteiger charge is -2.27. The zero-order chi connectivity index (χ0) is 34.8. The molecule has 0 saturated carbocycles. The molecule has 2 atom stereocenters. The number of benzene rings is 2. The molecule has 0 bridgehead atoms. The SMILES string of the molecule is CCN(CC)C(=O)C(C/C=C/CC(C(=NN(OCc1ccccc1)C(=O)O)c1ccc(OC)c(OCCCOC)c1)C(C)C)C(C)C. The summed E-state index contributed by atoms with van der Waals surface area (Å²) < 4.78 is 16.8. The van der Waals surface area contributed by atoms with Gasteiger partial charge in [-0.25, -0.2) is 9.63 Å². The summed E-state index contributed by atoms with van der Waals surface area (Å²) in [5, 5.41) is 15.4. The van der Waals surface area contributed by atoms with Gasteiger partial charge in [0.05, 0.1) is 19.4 Å². The van der Waals surface area contributed by atoms with Crippen molar-refractivity contribution < 1.29 is 33.7 Å². The molecule has 2 aromatic rings. The lowest BCUT2D eigenvalue weighted by atomic mass is 9.84. The molecular formula is C37H55N3O7. The summed E-state index contributed by atoms with van der Waals surface area (Å²) in [6.07, 6.45) is 4.69. The summed E-state index contributed by atoms with van der Waals surface area (Å²) in [4.78, 5) is 33.2. The number of hydrazone groups is 1. The van der Waals surface area contributed by atoms with Gasteiger partial charge in [0.2, 0.25) is 5.91 Å². The molecule has 0 saturated heterocycles. The van der Waals surface area contributed by atoms with Gasteiger partial charge in [-0.05, 0) is 62.3 Å². The fourth-order valence-corrected chi connectivity index (χ4v) is 5.23. The van der Waals surface area contributed by atoms with Gasteiger partial charge in [-0.15, -0.1) is 5.10 Å². The number of rotatable bonds is 21. The summed E-state index contributed by atoms with van der Waals surface area (Å²) >= 11 is 0. The number of amides is 2. The highest BCUT2D eigenvalue weighted by Crippen LogP contribution is 2.32. The van der Waals surface area contributed by atoms with Crippen LogP contribution >= 0.6 is 0 Å². The zero-order valence-corrected chi connectivity index (χ0v) is 29.5. The second-order valence-electron chi connectivity index (χ2n) is 12.0. The summed E-state index contributed by atoms with van der Waals surface area (Å²) in [5.74, 6) is 1.20. The van der Waals surface area contributed by atoms with E-state index in [0.717, 1.165) is 5.56 Å². The summed E-state index contributed by atoms with van der Waals surface area (Å²) in [6.45, 7) is 14.7. The normalized spacial score (nSPS) is 13.2. The van der Waals surface area contributed by atoms with E-state index in [4.69, 9.17) is 19.0 Å². The first-order valence-electron chi connectivity index (χ1n) is 16.6. The Kier molecular flexibility index (Phi) is 17.6. The lowest BCUT2D eigenvalue weighted by molar-refractivity contribution is -0.141. The van der Waals surface area contributed by atoms with E-state index >= 15 is 0 Å². The van der Waals surface area contributed by atoms with Crippen molar-refractivity contribution in [2.45, 2.75) is 67.4 Å². The van der Waals surface area contributed by atoms with Crippen molar-refractivity contribution in [3.05, 3.63) is 71.8 Å². The molecular weight excluding hydrogens is 598 g/mol. The molecule has 0 aromatic heterocycles. The van der Waals surface area contributed by atoms with Gasteiger partial charge in [-0.3, -0.25) is 4.79 Å². The first-order chi connectivity index (χ1) is 22.6. The number of nitrogens with zero attached hydrogens (tertiary/aromatic N) is 3. The standard InChI is InChI=1S/C37H55N3O7/c1-9-39(10-2)36(41)32(28(5)6)20-15-14-19-31(27(3)4)35(38-40(37(42)43)47-26-29-17-12-11-13-18-29)30-21-22-33(45-8)34(25-30)46-24-16-23-44-7/h11-15,17-18,21-22,25,27-28,31-32H,9-10,16,19-20,23-24,26H2,1-8H3,(H,42,43)/b15-14+,38-35?. The zero-order valence-electron chi connectivity index (χ0n) is 29.5. The Bertz CT molecular complexity index is 1280. The van der Waals surface area contributed by atoms with Crippen molar-refractivity contribution in [3.8, 4) is 11.5 Å². The molecule has 10 heteroatoms. The summed E-state index contributed by atoms with van der Waals surface area (Å²) in [7, 11) is 3.22. The van der Waals surface area contributed by atoms with Gasteiger partial charge >= 0.3 is 6.09 Å². The van der Waals surface area contributed by atoms with E-state index in [0.29, 0.717) is 73.5 Å². The van der Waals surface area contributed by atoms with Crippen LogP contribution in [-0.2, 0) is 21.0 Å². The molecule has 47 heavy (non-hydrogen) atoms. The number of carboxylic acid groups (broad SMARTS) is 1. The maximum Gasteiger partial charge on any atom is 0.453 e. The lowest BCUT2D eigenvalue weighted by Crippen LogP contribution is -2.37. The van der Waals surface area contributed by atoms with Gasteiger partial charge in [-0.1, -0.05) is 75.4 Å². The van der Waals surface area contributed by atoms with Crippen LogP contribution in [0.15, 0.2) is 65.8 Å². The van der Waals surface area contributed by atoms with Crippen LogP contribution in [0, 0.1) is 23.7 Å². The topological polar surface area (TPSA) is 110 Å². The number of hydrogen-bond acceptors (Lipinski definition) is 7.